The number of para-hydroxylation sites is 1. The fourth-order valence-electron chi connectivity index (χ4n) is 3.74. The number of rotatable bonds is 7. The van der Waals surface area contributed by atoms with Crippen LogP contribution in [0.5, 0.6) is 0 Å². The first kappa shape index (κ1) is 24.9. The molecule has 0 saturated heterocycles. The fraction of sp³-hybridized carbons (Fsp3) is 0.304. The number of halogens is 1. The van der Waals surface area contributed by atoms with Gasteiger partial charge in [0.1, 0.15) is 4.90 Å². The third kappa shape index (κ3) is 4.67. The predicted octanol–water partition coefficient (Wildman–Crippen LogP) is 3.56. The number of carbonyl (C=O) groups is 2. The van der Waals surface area contributed by atoms with Gasteiger partial charge in [0, 0.05) is 37.0 Å². The van der Waals surface area contributed by atoms with Gasteiger partial charge in [-0.3, -0.25) is 9.63 Å². The highest BCUT2D eigenvalue weighted by molar-refractivity contribution is 7.89. The Morgan fingerprint density at radius 3 is 2.48 bits per heavy atom. The van der Waals surface area contributed by atoms with E-state index in [1.807, 2.05) is 50.1 Å². The molecule has 0 radical (unpaired) electrons. The maximum atomic E-state index is 12.6. The largest absolute Gasteiger partial charge is 0.454 e. The minimum atomic E-state index is -4.08. The molecule has 2 aromatic carbocycles. The lowest BCUT2D eigenvalue weighted by molar-refractivity contribution is -0.117. The molecule has 0 fully saturated rings. The molecule has 0 N–H and O–H groups in total. The van der Waals surface area contributed by atoms with Crippen LogP contribution < -0.4 is 4.90 Å². The van der Waals surface area contributed by atoms with Crippen molar-refractivity contribution in [3.63, 3.8) is 0 Å². The van der Waals surface area contributed by atoms with E-state index in [2.05, 4.69) is 0 Å². The summed E-state index contributed by atoms with van der Waals surface area (Å²) in [6, 6.07) is 11.6. The smallest absolute Gasteiger partial charge is 0.338 e. The third-order valence-corrected chi connectivity index (χ3v) is 7.79. The zero-order valence-electron chi connectivity index (χ0n) is 19.0. The molecule has 0 aromatic heterocycles. The van der Waals surface area contributed by atoms with Gasteiger partial charge in [0.2, 0.25) is 0 Å². The van der Waals surface area contributed by atoms with Gasteiger partial charge in [-0.15, -0.1) is 0 Å². The lowest BCUT2D eigenvalue weighted by Gasteiger charge is -2.23. The Kier molecular flexibility index (Phi) is 6.99. The molecule has 0 saturated carbocycles. The molecule has 8 nitrogen and oxygen atoms in total. The molecule has 33 heavy (non-hydrogen) atoms. The molecule has 3 rings (SSSR count). The van der Waals surface area contributed by atoms with E-state index in [4.69, 9.17) is 21.2 Å². The Hall–Kier alpha value is -2.72. The third-order valence-electron chi connectivity index (χ3n) is 5.62. The number of hydrogen-bond acceptors (Lipinski definition) is 7. The summed E-state index contributed by atoms with van der Waals surface area (Å²) in [7, 11) is 0.185. The van der Waals surface area contributed by atoms with Gasteiger partial charge in [-0.2, -0.15) is 0 Å². The van der Waals surface area contributed by atoms with Crippen LogP contribution in [0.2, 0.25) is 5.02 Å². The van der Waals surface area contributed by atoms with Crippen LogP contribution >= 0.6 is 11.6 Å². The summed E-state index contributed by atoms with van der Waals surface area (Å²) >= 11 is 6.01. The summed E-state index contributed by atoms with van der Waals surface area (Å²) in [4.78, 5) is 31.5. The highest BCUT2D eigenvalue weighted by Gasteiger charge is 2.38. The number of hydrogen-bond donors (Lipinski definition) is 0. The van der Waals surface area contributed by atoms with E-state index >= 15 is 0 Å². The number of ketones is 1. The topological polar surface area (TPSA) is 93.2 Å². The van der Waals surface area contributed by atoms with Crippen molar-refractivity contribution in [3.8, 4) is 0 Å². The Balaban J connectivity index is 1.76. The van der Waals surface area contributed by atoms with Crippen molar-refractivity contribution < 1.29 is 27.6 Å². The molecular formula is C23H25ClN2O6S. The lowest BCUT2D eigenvalue weighted by Crippen LogP contribution is -2.26. The SMILES string of the molecule is CON(C)S(=O)(=O)c1cc(C(=O)OCC(=O)/C=C2/N(C)c3ccccc3C2(C)C)ccc1Cl. The molecule has 1 aliphatic rings. The Morgan fingerprint density at radius 1 is 1.18 bits per heavy atom. The van der Waals surface area contributed by atoms with Crippen LogP contribution in [0, 0.1) is 0 Å². The summed E-state index contributed by atoms with van der Waals surface area (Å²) in [6.07, 6.45) is 1.47. The number of nitrogens with zero attached hydrogens (tertiary/aromatic N) is 2. The number of anilines is 1. The standard InChI is InChI=1S/C23H25ClN2O6S/c1-23(2)17-8-6-7-9-19(17)25(3)21(23)13-16(27)14-32-22(28)15-10-11-18(24)20(12-15)33(29,30)26(4)31-5/h6-13H,14H2,1-5H3/b21-13+. The van der Waals surface area contributed by atoms with Gasteiger partial charge in [0.15, 0.2) is 12.4 Å². The molecule has 176 valence electrons. The van der Waals surface area contributed by atoms with Crippen molar-refractivity contribution in [2.75, 3.05) is 32.7 Å². The van der Waals surface area contributed by atoms with E-state index in [1.165, 1.54) is 32.4 Å². The highest BCUT2D eigenvalue weighted by Crippen LogP contribution is 2.46. The molecule has 1 aliphatic heterocycles. The molecule has 0 atom stereocenters. The van der Waals surface area contributed by atoms with Crippen molar-refractivity contribution >= 4 is 39.1 Å². The van der Waals surface area contributed by atoms with Crippen molar-refractivity contribution in [2.24, 2.45) is 0 Å². The number of ether oxygens (including phenoxy) is 1. The second-order valence-corrected chi connectivity index (χ2v) is 10.3. The van der Waals surface area contributed by atoms with Gasteiger partial charge < -0.3 is 9.64 Å². The fourth-order valence-corrected chi connectivity index (χ4v) is 5.21. The van der Waals surface area contributed by atoms with E-state index < -0.39 is 33.8 Å². The van der Waals surface area contributed by atoms with E-state index in [-0.39, 0.29) is 15.5 Å². The van der Waals surface area contributed by atoms with Gasteiger partial charge in [-0.1, -0.05) is 48.1 Å². The summed E-state index contributed by atoms with van der Waals surface area (Å²) < 4.78 is 30.8. The second kappa shape index (κ2) is 9.26. The van der Waals surface area contributed by atoms with Crippen LogP contribution in [0.25, 0.3) is 0 Å². The molecule has 1 heterocycles. The number of hydroxylamine groups is 1. The predicted molar refractivity (Wildman–Crippen MR) is 125 cm³/mol. The molecular weight excluding hydrogens is 468 g/mol. The highest BCUT2D eigenvalue weighted by atomic mass is 35.5. The van der Waals surface area contributed by atoms with Crippen molar-refractivity contribution in [1.82, 2.24) is 4.47 Å². The van der Waals surface area contributed by atoms with Gasteiger partial charge in [-0.25, -0.2) is 13.2 Å². The van der Waals surface area contributed by atoms with Crippen LogP contribution in [0.15, 0.2) is 59.1 Å². The normalized spacial score (nSPS) is 16.2. The zero-order chi connectivity index (χ0) is 24.6. The Labute approximate surface area is 198 Å². The molecule has 2 aromatic rings. The molecule has 0 aliphatic carbocycles. The number of fused-ring (bicyclic) bond motifs is 1. The first-order valence-corrected chi connectivity index (χ1v) is 11.8. The lowest BCUT2D eigenvalue weighted by atomic mass is 9.83. The van der Waals surface area contributed by atoms with Crippen LogP contribution in [0.3, 0.4) is 0 Å². The van der Waals surface area contributed by atoms with Crippen LogP contribution in [-0.4, -0.2) is 52.5 Å². The quantitative estimate of drug-likeness (QED) is 0.331. The van der Waals surface area contributed by atoms with Crippen LogP contribution in [0.4, 0.5) is 5.69 Å². The zero-order valence-corrected chi connectivity index (χ0v) is 20.5. The summed E-state index contributed by atoms with van der Waals surface area (Å²) in [5.41, 5.74) is 2.44. The minimum absolute atomic E-state index is 0.0614. The van der Waals surface area contributed by atoms with Gasteiger partial charge in [0.05, 0.1) is 17.7 Å². The molecule has 10 heteroatoms. The summed E-state index contributed by atoms with van der Waals surface area (Å²) in [6.45, 7) is 3.55. The van der Waals surface area contributed by atoms with Crippen molar-refractivity contribution in [2.45, 2.75) is 24.2 Å². The molecule has 0 unspecified atom stereocenters. The Morgan fingerprint density at radius 2 is 1.85 bits per heavy atom. The minimum Gasteiger partial charge on any atom is -0.454 e. The average Bonchev–Trinajstić information content (AvgIpc) is 2.97. The number of allylic oxidation sites excluding steroid dienone is 1. The number of esters is 1. The van der Waals surface area contributed by atoms with Crippen LogP contribution in [0.1, 0.15) is 29.8 Å². The number of carbonyl (C=O) groups excluding carboxylic acids is 2. The molecule has 0 bridgehead atoms. The average molecular weight is 493 g/mol. The molecule has 0 amide bonds. The number of benzene rings is 2. The molecule has 0 spiro atoms. The second-order valence-electron chi connectivity index (χ2n) is 8.02. The number of likely N-dealkylation sites (N-methyl/N-ethyl adjacent to an activating group) is 1. The summed E-state index contributed by atoms with van der Waals surface area (Å²) in [5.74, 6) is -1.25. The van der Waals surface area contributed by atoms with E-state index in [0.717, 1.165) is 23.0 Å². The first-order valence-electron chi connectivity index (χ1n) is 9.99. The van der Waals surface area contributed by atoms with Gasteiger partial charge in [-0.05, 0) is 29.8 Å². The van der Waals surface area contributed by atoms with Crippen molar-refractivity contribution in [3.05, 3.63) is 70.4 Å². The summed E-state index contributed by atoms with van der Waals surface area (Å²) in [5, 5.41) is -0.0812. The van der Waals surface area contributed by atoms with Gasteiger partial charge in [0.25, 0.3) is 10.0 Å². The first-order chi connectivity index (χ1) is 15.4. The van der Waals surface area contributed by atoms with Crippen LogP contribution in [-0.2, 0) is 29.8 Å². The monoisotopic (exact) mass is 492 g/mol. The van der Waals surface area contributed by atoms with E-state index in [9.17, 15) is 18.0 Å². The Bertz CT molecular complexity index is 1240. The maximum Gasteiger partial charge on any atom is 0.338 e. The van der Waals surface area contributed by atoms with Gasteiger partial charge >= 0.3 is 5.97 Å². The maximum absolute atomic E-state index is 12.6. The number of sulfonamides is 1. The van der Waals surface area contributed by atoms with Crippen molar-refractivity contribution in [1.29, 1.82) is 0 Å². The van der Waals surface area contributed by atoms with E-state index in [0.29, 0.717) is 4.47 Å². The van der Waals surface area contributed by atoms with E-state index in [1.54, 1.807) is 0 Å².